The number of carbonyl (C=O) groups excluding carboxylic acids is 1. The fourth-order valence-corrected chi connectivity index (χ4v) is 1.05. The number of amides is 1. The van der Waals surface area contributed by atoms with Crippen LogP contribution in [0.5, 0.6) is 5.75 Å². The molecule has 6 heteroatoms. The van der Waals surface area contributed by atoms with E-state index in [1.165, 1.54) is 0 Å². The van der Waals surface area contributed by atoms with Crippen LogP contribution in [0.1, 0.15) is 20.8 Å². The smallest absolute Gasteiger partial charge is 0.412 e. The van der Waals surface area contributed by atoms with E-state index in [1.807, 2.05) is 0 Å². The fourth-order valence-electron chi connectivity index (χ4n) is 1.05. The van der Waals surface area contributed by atoms with E-state index in [0.29, 0.717) is 12.1 Å². The molecule has 94 valence electrons. The second kappa shape index (κ2) is 4.57. The molecule has 4 nitrogen and oxygen atoms in total. The zero-order valence-corrected chi connectivity index (χ0v) is 9.67. The second-order valence-electron chi connectivity index (χ2n) is 4.41. The van der Waals surface area contributed by atoms with Gasteiger partial charge in [-0.3, -0.25) is 5.32 Å². The predicted octanol–water partition coefficient (Wildman–Crippen LogP) is 3.02. The summed E-state index contributed by atoms with van der Waals surface area (Å²) in [6, 6.07) is 1.25. The molecule has 0 unspecified atom stereocenters. The molecule has 0 saturated carbocycles. The van der Waals surface area contributed by atoms with Gasteiger partial charge in [0.15, 0.2) is 11.6 Å². The molecule has 0 saturated heterocycles. The monoisotopic (exact) mass is 245 g/mol. The summed E-state index contributed by atoms with van der Waals surface area (Å²) in [6.45, 7) is 4.95. The number of halogens is 2. The number of nitrogens with one attached hydrogen (secondary N) is 1. The fraction of sp³-hybridized carbons (Fsp3) is 0.364. The van der Waals surface area contributed by atoms with E-state index in [4.69, 9.17) is 4.74 Å². The maximum atomic E-state index is 12.9. The molecule has 1 aromatic carbocycles. The van der Waals surface area contributed by atoms with Crippen LogP contribution in [0.3, 0.4) is 0 Å². The Morgan fingerprint density at radius 1 is 1.29 bits per heavy atom. The van der Waals surface area contributed by atoms with Gasteiger partial charge >= 0.3 is 6.09 Å². The van der Waals surface area contributed by atoms with Gasteiger partial charge in [0.2, 0.25) is 0 Å². The first-order valence-corrected chi connectivity index (χ1v) is 4.87. The van der Waals surface area contributed by atoms with Crippen molar-refractivity contribution in [1.29, 1.82) is 0 Å². The van der Waals surface area contributed by atoms with Crippen LogP contribution in [-0.2, 0) is 4.74 Å². The topological polar surface area (TPSA) is 58.6 Å². The molecular weight excluding hydrogens is 232 g/mol. The highest BCUT2D eigenvalue weighted by molar-refractivity contribution is 5.86. The molecule has 0 bridgehead atoms. The molecule has 0 spiro atoms. The summed E-state index contributed by atoms with van der Waals surface area (Å²) in [7, 11) is 0. The van der Waals surface area contributed by atoms with Crippen LogP contribution in [0.25, 0.3) is 0 Å². The summed E-state index contributed by atoms with van der Waals surface area (Å²) in [5.41, 5.74) is -0.976. The minimum absolute atomic E-state index is 0.252. The SMILES string of the molecule is CC(C)(C)OC(=O)Nc1cc(F)c(F)cc1O. The Morgan fingerprint density at radius 2 is 1.82 bits per heavy atom. The van der Waals surface area contributed by atoms with Crippen LogP contribution in [0.15, 0.2) is 12.1 Å². The summed E-state index contributed by atoms with van der Waals surface area (Å²) >= 11 is 0. The van der Waals surface area contributed by atoms with E-state index < -0.39 is 29.1 Å². The van der Waals surface area contributed by atoms with Crippen LogP contribution in [-0.4, -0.2) is 16.8 Å². The van der Waals surface area contributed by atoms with E-state index >= 15 is 0 Å². The number of ether oxygens (including phenoxy) is 1. The molecule has 1 rings (SSSR count). The molecule has 0 atom stereocenters. The predicted molar refractivity (Wildman–Crippen MR) is 57.9 cm³/mol. The van der Waals surface area contributed by atoms with Crippen molar-refractivity contribution in [1.82, 2.24) is 0 Å². The molecule has 0 aromatic heterocycles. The molecule has 1 amide bonds. The summed E-state index contributed by atoms with van der Waals surface area (Å²) in [6.07, 6.45) is -0.862. The summed E-state index contributed by atoms with van der Waals surface area (Å²) in [5, 5.41) is 11.4. The number of rotatable bonds is 1. The molecule has 0 aliphatic heterocycles. The van der Waals surface area contributed by atoms with Crippen molar-refractivity contribution in [3.05, 3.63) is 23.8 Å². The highest BCUT2D eigenvalue weighted by atomic mass is 19.2. The van der Waals surface area contributed by atoms with Crippen molar-refractivity contribution in [3.8, 4) is 5.75 Å². The minimum Gasteiger partial charge on any atom is -0.506 e. The number of phenols is 1. The van der Waals surface area contributed by atoms with Crippen molar-refractivity contribution >= 4 is 11.8 Å². The van der Waals surface area contributed by atoms with Crippen molar-refractivity contribution < 1.29 is 23.4 Å². The zero-order valence-electron chi connectivity index (χ0n) is 9.67. The molecule has 0 radical (unpaired) electrons. The maximum absolute atomic E-state index is 12.9. The van der Waals surface area contributed by atoms with E-state index in [0.717, 1.165) is 0 Å². The lowest BCUT2D eigenvalue weighted by atomic mass is 10.2. The van der Waals surface area contributed by atoms with E-state index in [9.17, 15) is 18.7 Å². The third-order valence-corrected chi connectivity index (χ3v) is 1.67. The molecule has 0 aliphatic rings. The Balaban J connectivity index is 2.82. The van der Waals surface area contributed by atoms with Crippen molar-refractivity contribution in [2.45, 2.75) is 26.4 Å². The van der Waals surface area contributed by atoms with Crippen LogP contribution in [0.2, 0.25) is 0 Å². The van der Waals surface area contributed by atoms with Crippen LogP contribution in [0, 0.1) is 11.6 Å². The van der Waals surface area contributed by atoms with E-state index in [2.05, 4.69) is 5.32 Å². The second-order valence-corrected chi connectivity index (χ2v) is 4.41. The maximum Gasteiger partial charge on any atom is 0.412 e. The van der Waals surface area contributed by atoms with E-state index in [1.54, 1.807) is 20.8 Å². The van der Waals surface area contributed by atoms with Gasteiger partial charge in [0.25, 0.3) is 0 Å². The summed E-state index contributed by atoms with van der Waals surface area (Å²) in [4.78, 5) is 11.3. The van der Waals surface area contributed by atoms with Gasteiger partial charge in [-0.2, -0.15) is 0 Å². The average Bonchev–Trinajstić information content (AvgIpc) is 2.11. The Morgan fingerprint density at radius 3 is 2.35 bits per heavy atom. The van der Waals surface area contributed by atoms with Gasteiger partial charge in [0.05, 0.1) is 5.69 Å². The van der Waals surface area contributed by atoms with Gasteiger partial charge in [-0.15, -0.1) is 0 Å². The first-order valence-electron chi connectivity index (χ1n) is 4.87. The van der Waals surface area contributed by atoms with Crippen LogP contribution >= 0.6 is 0 Å². The van der Waals surface area contributed by atoms with Gasteiger partial charge in [-0.05, 0) is 20.8 Å². The standard InChI is InChI=1S/C11H13F2NO3/c1-11(2,3)17-10(16)14-8-4-6(12)7(13)5-9(8)15/h4-5,15H,1-3H3,(H,14,16). The Bertz CT molecular complexity index is 441. The number of benzene rings is 1. The first-order chi connectivity index (χ1) is 7.69. The van der Waals surface area contributed by atoms with Gasteiger partial charge in [0, 0.05) is 12.1 Å². The molecule has 17 heavy (non-hydrogen) atoms. The van der Waals surface area contributed by atoms with Gasteiger partial charge < -0.3 is 9.84 Å². The van der Waals surface area contributed by atoms with Gasteiger partial charge in [-0.25, -0.2) is 13.6 Å². The zero-order chi connectivity index (χ0) is 13.2. The van der Waals surface area contributed by atoms with Crippen molar-refractivity contribution in [2.24, 2.45) is 0 Å². The normalized spacial score (nSPS) is 11.1. The third kappa shape index (κ3) is 3.90. The molecule has 1 aromatic rings. The lowest BCUT2D eigenvalue weighted by Crippen LogP contribution is -2.27. The highest BCUT2D eigenvalue weighted by Crippen LogP contribution is 2.26. The Labute approximate surface area is 97.2 Å². The van der Waals surface area contributed by atoms with Crippen LogP contribution in [0.4, 0.5) is 19.3 Å². The highest BCUT2D eigenvalue weighted by Gasteiger charge is 2.18. The lowest BCUT2D eigenvalue weighted by Gasteiger charge is -2.19. The quantitative estimate of drug-likeness (QED) is 0.748. The summed E-state index contributed by atoms with van der Waals surface area (Å²) < 4.78 is 30.4. The van der Waals surface area contributed by atoms with E-state index in [-0.39, 0.29) is 5.69 Å². The number of carbonyl (C=O) groups is 1. The number of phenolic OH excluding ortho intramolecular Hbond substituents is 1. The number of aromatic hydroxyl groups is 1. The average molecular weight is 245 g/mol. The molecule has 0 aliphatic carbocycles. The molecule has 0 heterocycles. The van der Waals surface area contributed by atoms with Crippen molar-refractivity contribution in [3.63, 3.8) is 0 Å². The number of anilines is 1. The molecule has 0 fully saturated rings. The number of hydrogen-bond acceptors (Lipinski definition) is 3. The number of hydrogen-bond donors (Lipinski definition) is 2. The molecular formula is C11H13F2NO3. The van der Waals surface area contributed by atoms with Gasteiger partial charge in [-0.1, -0.05) is 0 Å². The van der Waals surface area contributed by atoms with Crippen LogP contribution < -0.4 is 5.32 Å². The third-order valence-electron chi connectivity index (χ3n) is 1.67. The minimum atomic E-state index is -1.20. The van der Waals surface area contributed by atoms with Crippen molar-refractivity contribution in [2.75, 3.05) is 5.32 Å². The largest absolute Gasteiger partial charge is 0.506 e. The first kappa shape index (κ1) is 13.2. The van der Waals surface area contributed by atoms with Gasteiger partial charge in [0.1, 0.15) is 11.4 Å². The molecule has 2 N–H and O–H groups in total. The summed E-state index contributed by atoms with van der Waals surface area (Å²) in [5.74, 6) is -2.94. The lowest BCUT2D eigenvalue weighted by molar-refractivity contribution is 0.0635. The Hall–Kier alpha value is -1.85. The Kier molecular flexibility index (Phi) is 3.55.